The zero-order chi connectivity index (χ0) is 14.4. The van der Waals surface area contributed by atoms with Crippen LogP contribution in [0.3, 0.4) is 0 Å². The van der Waals surface area contributed by atoms with E-state index in [9.17, 15) is 0 Å². The predicted octanol–water partition coefficient (Wildman–Crippen LogP) is 2.80. The minimum Gasteiger partial charge on any atom is -0.467 e. The molecule has 0 atom stereocenters. The van der Waals surface area contributed by atoms with Crippen LogP contribution in [0.5, 0.6) is 0 Å². The van der Waals surface area contributed by atoms with Gasteiger partial charge in [0.25, 0.3) is 0 Å². The Morgan fingerprint density at radius 3 is 2.70 bits per heavy atom. The molecule has 106 valence electrons. The Morgan fingerprint density at radius 2 is 2.05 bits per heavy atom. The van der Waals surface area contributed by atoms with Gasteiger partial charge in [0, 0.05) is 20.6 Å². The number of rotatable bonds is 4. The molecule has 0 bridgehead atoms. The normalized spacial score (nSPS) is 11.4. The van der Waals surface area contributed by atoms with Crippen molar-refractivity contribution in [1.29, 1.82) is 0 Å². The molecule has 1 heterocycles. The smallest absolute Gasteiger partial charge is 0.194 e. The van der Waals surface area contributed by atoms with Gasteiger partial charge in [-0.15, -0.1) is 0 Å². The fourth-order valence-corrected chi connectivity index (χ4v) is 2.08. The van der Waals surface area contributed by atoms with Gasteiger partial charge in [-0.3, -0.25) is 4.99 Å². The summed E-state index contributed by atoms with van der Waals surface area (Å²) in [6.45, 7) is 3.59. The van der Waals surface area contributed by atoms with Crippen molar-refractivity contribution in [1.82, 2.24) is 10.2 Å². The Hall–Kier alpha value is -2.23. The van der Waals surface area contributed by atoms with E-state index in [0.717, 1.165) is 18.3 Å². The Balaban J connectivity index is 1.95. The van der Waals surface area contributed by atoms with Crippen LogP contribution < -0.4 is 5.32 Å². The summed E-state index contributed by atoms with van der Waals surface area (Å²) < 4.78 is 5.31. The summed E-state index contributed by atoms with van der Waals surface area (Å²) in [5.74, 6) is 1.75. The zero-order valence-electron chi connectivity index (χ0n) is 12.3. The standard InChI is InChI=1S/C16H21N3O/c1-13-7-4-5-8-14(13)12-19(3)16(17-2)18-11-15-9-6-10-20-15/h4-10H,11-12H2,1-3H3,(H,17,18). The Morgan fingerprint density at radius 1 is 1.25 bits per heavy atom. The van der Waals surface area contributed by atoms with E-state index in [0.29, 0.717) is 6.54 Å². The molecule has 1 aromatic carbocycles. The van der Waals surface area contributed by atoms with Gasteiger partial charge in [-0.2, -0.15) is 0 Å². The molecule has 1 aromatic heterocycles. The molecular formula is C16H21N3O. The highest BCUT2D eigenvalue weighted by atomic mass is 16.3. The van der Waals surface area contributed by atoms with Crippen LogP contribution in [0.4, 0.5) is 0 Å². The summed E-state index contributed by atoms with van der Waals surface area (Å²) >= 11 is 0. The van der Waals surface area contributed by atoms with Crippen LogP contribution in [0, 0.1) is 6.92 Å². The molecule has 4 nitrogen and oxygen atoms in total. The molecule has 0 amide bonds. The second-order valence-electron chi connectivity index (χ2n) is 4.76. The number of nitrogens with zero attached hydrogens (tertiary/aromatic N) is 2. The Labute approximate surface area is 120 Å². The third kappa shape index (κ3) is 3.63. The van der Waals surface area contributed by atoms with Crippen molar-refractivity contribution in [2.75, 3.05) is 14.1 Å². The van der Waals surface area contributed by atoms with Gasteiger partial charge in [0.15, 0.2) is 5.96 Å². The van der Waals surface area contributed by atoms with E-state index in [4.69, 9.17) is 4.42 Å². The molecule has 4 heteroatoms. The number of aryl methyl sites for hydroxylation is 1. The number of furan rings is 1. The lowest BCUT2D eigenvalue weighted by Gasteiger charge is -2.22. The zero-order valence-corrected chi connectivity index (χ0v) is 12.3. The maximum Gasteiger partial charge on any atom is 0.194 e. The molecule has 0 saturated heterocycles. The van der Waals surface area contributed by atoms with Crippen LogP contribution in [0.15, 0.2) is 52.1 Å². The molecule has 1 N–H and O–H groups in total. The summed E-state index contributed by atoms with van der Waals surface area (Å²) in [5.41, 5.74) is 2.59. The minimum absolute atomic E-state index is 0.637. The van der Waals surface area contributed by atoms with Crippen molar-refractivity contribution in [3.05, 3.63) is 59.5 Å². The van der Waals surface area contributed by atoms with Crippen molar-refractivity contribution in [3.8, 4) is 0 Å². The molecule has 20 heavy (non-hydrogen) atoms. The Bertz CT molecular complexity index is 561. The molecule has 0 aliphatic carbocycles. The fourth-order valence-electron chi connectivity index (χ4n) is 2.08. The van der Waals surface area contributed by atoms with Gasteiger partial charge in [0.05, 0.1) is 12.8 Å². The lowest BCUT2D eigenvalue weighted by molar-refractivity contribution is 0.458. The number of hydrogen-bond donors (Lipinski definition) is 1. The van der Waals surface area contributed by atoms with Crippen LogP contribution in [0.25, 0.3) is 0 Å². The van der Waals surface area contributed by atoms with E-state index in [1.165, 1.54) is 11.1 Å². The highest BCUT2D eigenvalue weighted by Crippen LogP contribution is 2.09. The van der Waals surface area contributed by atoms with Crippen LogP contribution in [0.1, 0.15) is 16.9 Å². The van der Waals surface area contributed by atoms with Crippen LogP contribution in [-0.4, -0.2) is 25.0 Å². The molecule has 0 fully saturated rings. The SMILES string of the molecule is CN=C(NCc1ccco1)N(C)Cc1ccccc1C. The topological polar surface area (TPSA) is 40.8 Å². The Kier molecular flexibility index (Phi) is 4.82. The first-order valence-corrected chi connectivity index (χ1v) is 6.69. The molecule has 2 rings (SSSR count). The van der Waals surface area contributed by atoms with E-state index >= 15 is 0 Å². The fraction of sp³-hybridized carbons (Fsp3) is 0.312. The van der Waals surface area contributed by atoms with Gasteiger partial charge in [0.2, 0.25) is 0 Å². The molecule has 0 saturated carbocycles. The number of nitrogens with one attached hydrogen (secondary N) is 1. The molecule has 0 aliphatic rings. The third-order valence-electron chi connectivity index (χ3n) is 3.24. The highest BCUT2D eigenvalue weighted by molar-refractivity contribution is 5.79. The van der Waals surface area contributed by atoms with Gasteiger partial charge >= 0.3 is 0 Å². The minimum atomic E-state index is 0.637. The second-order valence-corrected chi connectivity index (χ2v) is 4.76. The van der Waals surface area contributed by atoms with Crippen molar-refractivity contribution < 1.29 is 4.42 Å². The highest BCUT2D eigenvalue weighted by Gasteiger charge is 2.08. The van der Waals surface area contributed by atoms with E-state index in [1.807, 2.05) is 19.2 Å². The number of hydrogen-bond acceptors (Lipinski definition) is 2. The summed E-state index contributed by atoms with van der Waals surface area (Å²) in [7, 11) is 3.82. The summed E-state index contributed by atoms with van der Waals surface area (Å²) in [4.78, 5) is 6.41. The number of guanidine groups is 1. The van der Waals surface area contributed by atoms with Gasteiger partial charge in [-0.1, -0.05) is 24.3 Å². The van der Waals surface area contributed by atoms with Gasteiger partial charge in [-0.05, 0) is 30.2 Å². The van der Waals surface area contributed by atoms with Gasteiger partial charge < -0.3 is 14.6 Å². The van der Waals surface area contributed by atoms with E-state index in [1.54, 1.807) is 13.3 Å². The van der Waals surface area contributed by atoms with Crippen LogP contribution in [-0.2, 0) is 13.1 Å². The first kappa shape index (κ1) is 14.2. The first-order chi connectivity index (χ1) is 9.70. The molecular weight excluding hydrogens is 250 g/mol. The summed E-state index contributed by atoms with van der Waals surface area (Å²) in [6.07, 6.45) is 1.68. The maximum absolute atomic E-state index is 5.31. The number of benzene rings is 1. The van der Waals surface area contributed by atoms with Crippen LogP contribution in [0.2, 0.25) is 0 Å². The van der Waals surface area contributed by atoms with Crippen LogP contribution >= 0.6 is 0 Å². The van der Waals surface area contributed by atoms with E-state index < -0.39 is 0 Å². The quantitative estimate of drug-likeness (QED) is 0.686. The molecule has 0 radical (unpaired) electrons. The monoisotopic (exact) mass is 271 g/mol. The predicted molar refractivity (Wildman–Crippen MR) is 81.6 cm³/mol. The average Bonchev–Trinajstić information content (AvgIpc) is 2.95. The van der Waals surface area contributed by atoms with E-state index in [2.05, 4.69) is 46.4 Å². The second kappa shape index (κ2) is 6.80. The molecule has 0 spiro atoms. The third-order valence-corrected chi connectivity index (χ3v) is 3.24. The molecule has 0 unspecified atom stereocenters. The average molecular weight is 271 g/mol. The summed E-state index contributed by atoms with van der Waals surface area (Å²) in [5, 5.41) is 3.29. The maximum atomic E-state index is 5.31. The van der Waals surface area contributed by atoms with Gasteiger partial charge in [-0.25, -0.2) is 0 Å². The van der Waals surface area contributed by atoms with Crippen molar-refractivity contribution >= 4 is 5.96 Å². The first-order valence-electron chi connectivity index (χ1n) is 6.69. The number of aliphatic imine (C=N–C) groups is 1. The van der Waals surface area contributed by atoms with E-state index in [-0.39, 0.29) is 0 Å². The van der Waals surface area contributed by atoms with Gasteiger partial charge in [0.1, 0.15) is 5.76 Å². The lowest BCUT2D eigenvalue weighted by atomic mass is 10.1. The van der Waals surface area contributed by atoms with Crippen molar-refractivity contribution in [3.63, 3.8) is 0 Å². The molecule has 0 aliphatic heterocycles. The lowest BCUT2D eigenvalue weighted by Crippen LogP contribution is -2.38. The largest absolute Gasteiger partial charge is 0.467 e. The molecule has 2 aromatic rings. The van der Waals surface area contributed by atoms with Crippen molar-refractivity contribution in [2.45, 2.75) is 20.0 Å². The van der Waals surface area contributed by atoms with Crippen molar-refractivity contribution in [2.24, 2.45) is 4.99 Å². The summed E-state index contributed by atoms with van der Waals surface area (Å²) in [6, 6.07) is 12.2.